The number of aromatic nitrogens is 3. The van der Waals surface area contributed by atoms with Crippen molar-refractivity contribution in [1.29, 1.82) is 0 Å². The summed E-state index contributed by atoms with van der Waals surface area (Å²) >= 11 is 0. The van der Waals surface area contributed by atoms with Crippen molar-refractivity contribution in [3.63, 3.8) is 0 Å². The molecule has 0 aliphatic rings. The van der Waals surface area contributed by atoms with Crippen LogP contribution in [-0.4, -0.2) is 34.2 Å². The molecule has 0 bridgehead atoms. The number of benzene rings is 1. The number of nitrogens with one attached hydrogen (secondary N) is 2. The Kier molecular flexibility index (Phi) is 3.42. The topological polar surface area (TPSA) is 123 Å². The first-order valence-electron chi connectivity index (χ1n) is 5.28. The van der Waals surface area contributed by atoms with Crippen molar-refractivity contribution in [2.24, 2.45) is 0 Å². The molecule has 8 heteroatoms. The lowest BCUT2D eigenvalue weighted by Crippen LogP contribution is -2.14. The minimum absolute atomic E-state index is 0.0130. The summed E-state index contributed by atoms with van der Waals surface area (Å²) in [7, 11) is 1.28. The zero-order valence-electron chi connectivity index (χ0n) is 10.0. The fraction of sp³-hybridized carbons (Fsp3) is 0.0909. The van der Waals surface area contributed by atoms with Crippen LogP contribution in [0.25, 0.3) is 0 Å². The molecule has 0 atom stereocenters. The van der Waals surface area contributed by atoms with Gasteiger partial charge in [-0.15, -0.1) is 5.10 Å². The molecular weight excluding hydrogens is 250 g/mol. The summed E-state index contributed by atoms with van der Waals surface area (Å²) in [5.41, 5.74) is 6.06. The maximum absolute atomic E-state index is 11.8. The normalized spacial score (nSPS) is 9.95. The Labute approximate surface area is 108 Å². The monoisotopic (exact) mass is 261 g/mol. The maximum Gasteiger partial charge on any atom is 0.337 e. The molecule has 0 aliphatic carbocycles. The van der Waals surface area contributed by atoms with E-state index in [1.54, 1.807) is 18.2 Å². The molecule has 1 heterocycles. The molecule has 0 unspecified atom stereocenters. The molecule has 2 rings (SSSR count). The number of nitrogens with two attached hydrogens (primary N) is 1. The van der Waals surface area contributed by atoms with Crippen LogP contribution in [0.1, 0.15) is 21.0 Å². The van der Waals surface area contributed by atoms with E-state index < -0.39 is 11.9 Å². The standard InChI is InChI=1S/C11H11N5O3/c1-19-10(18)6-3-2-4-7(5-6)13-9(17)8-14-11(12)16-15-8/h2-5H,1H3,(H,13,17)(H3,12,14,15,16). The van der Waals surface area contributed by atoms with Crippen molar-refractivity contribution in [2.45, 2.75) is 0 Å². The first kappa shape index (κ1) is 12.6. The third kappa shape index (κ3) is 2.86. The van der Waals surface area contributed by atoms with Gasteiger partial charge >= 0.3 is 5.97 Å². The van der Waals surface area contributed by atoms with Crippen LogP contribution in [0.3, 0.4) is 0 Å². The van der Waals surface area contributed by atoms with Crippen LogP contribution >= 0.6 is 0 Å². The molecule has 0 fully saturated rings. The number of aromatic amines is 1. The first-order valence-corrected chi connectivity index (χ1v) is 5.28. The van der Waals surface area contributed by atoms with Gasteiger partial charge in [-0.1, -0.05) is 6.07 Å². The van der Waals surface area contributed by atoms with E-state index in [1.165, 1.54) is 13.2 Å². The molecular formula is C11H11N5O3. The zero-order valence-corrected chi connectivity index (χ0v) is 10.0. The Balaban J connectivity index is 2.15. The molecule has 0 saturated heterocycles. The van der Waals surface area contributed by atoms with Crippen LogP contribution in [0.15, 0.2) is 24.3 Å². The fourth-order valence-electron chi connectivity index (χ4n) is 1.41. The molecule has 4 N–H and O–H groups in total. The summed E-state index contributed by atoms with van der Waals surface area (Å²) in [6.07, 6.45) is 0. The Morgan fingerprint density at radius 2 is 2.21 bits per heavy atom. The second-order valence-corrected chi connectivity index (χ2v) is 3.57. The van der Waals surface area contributed by atoms with Gasteiger partial charge in [-0.2, -0.15) is 4.98 Å². The number of esters is 1. The highest BCUT2D eigenvalue weighted by Gasteiger charge is 2.12. The van der Waals surface area contributed by atoms with Gasteiger partial charge in [-0.05, 0) is 18.2 Å². The summed E-state index contributed by atoms with van der Waals surface area (Å²) in [5, 5.41) is 8.48. The molecule has 2 aromatic rings. The van der Waals surface area contributed by atoms with Crippen LogP contribution in [0.2, 0.25) is 0 Å². The van der Waals surface area contributed by atoms with E-state index in [-0.39, 0.29) is 11.8 Å². The molecule has 1 amide bonds. The number of amides is 1. The number of hydrogen-bond acceptors (Lipinski definition) is 6. The summed E-state index contributed by atoms with van der Waals surface area (Å²) in [6.45, 7) is 0. The van der Waals surface area contributed by atoms with E-state index in [4.69, 9.17) is 5.73 Å². The predicted molar refractivity (Wildman–Crippen MR) is 66.5 cm³/mol. The van der Waals surface area contributed by atoms with Crippen molar-refractivity contribution in [3.05, 3.63) is 35.7 Å². The van der Waals surface area contributed by atoms with Gasteiger partial charge in [0.25, 0.3) is 5.91 Å². The highest BCUT2D eigenvalue weighted by molar-refractivity contribution is 6.02. The fourth-order valence-corrected chi connectivity index (χ4v) is 1.41. The number of H-pyrrole nitrogens is 1. The molecule has 1 aromatic heterocycles. The third-order valence-electron chi connectivity index (χ3n) is 2.26. The maximum atomic E-state index is 11.8. The van der Waals surface area contributed by atoms with Crippen molar-refractivity contribution < 1.29 is 14.3 Å². The third-order valence-corrected chi connectivity index (χ3v) is 2.26. The molecule has 1 aromatic carbocycles. The number of anilines is 2. The van der Waals surface area contributed by atoms with Gasteiger partial charge in [0, 0.05) is 5.69 Å². The van der Waals surface area contributed by atoms with Crippen LogP contribution in [-0.2, 0) is 4.74 Å². The van der Waals surface area contributed by atoms with Crippen molar-refractivity contribution in [2.75, 3.05) is 18.2 Å². The van der Waals surface area contributed by atoms with Gasteiger partial charge in [-0.3, -0.25) is 9.89 Å². The molecule has 0 saturated carbocycles. The summed E-state index contributed by atoms with van der Waals surface area (Å²) in [5.74, 6) is -1.03. The SMILES string of the molecule is COC(=O)c1cccc(NC(=O)c2nc(N)n[nH]2)c1. The van der Waals surface area contributed by atoms with Crippen molar-refractivity contribution in [1.82, 2.24) is 15.2 Å². The summed E-state index contributed by atoms with van der Waals surface area (Å²) < 4.78 is 4.59. The van der Waals surface area contributed by atoms with Crippen LogP contribution in [0, 0.1) is 0 Å². The van der Waals surface area contributed by atoms with E-state index >= 15 is 0 Å². The van der Waals surface area contributed by atoms with E-state index in [0.717, 1.165) is 0 Å². The zero-order chi connectivity index (χ0) is 13.8. The number of nitrogen functional groups attached to an aromatic ring is 1. The number of hydrogen-bond donors (Lipinski definition) is 3. The predicted octanol–water partition coefficient (Wildman–Crippen LogP) is 0.426. The molecule has 0 aliphatic heterocycles. The second-order valence-electron chi connectivity index (χ2n) is 3.57. The van der Waals surface area contributed by atoms with Crippen LogP contribution in [0.5, 0.6) is 0 Å². The molecule has 19 heavy (non-hydrogen) atoms. The highest BCUT2D eigenvalue weighted by Crippen LogP contribution is 2.12. The Morgan fingerprint density at radius 3 is 2.84 bits per heavy atom. The first-order chi connectivity index (χ1) is 9.10. The van der Waals surface area contributed by atoms with E-state index in [2.05, 4.69) is 25.2 Å². The number of rotatable bonds is 3. The van der Waals surface area contributed by atoms with Gasteiger partial charge < -0.3 is 15.8 Å². The lowest BCUT2D eigenvalue weighted by atomic mass is 10.2. The van der Waals surface area contributed by atoms with E-state index in [9.17, 15) is 9.59 Å². The molecule has 8 nitrogen and oxygen atoms in total. The quantitative estimate of drug-likeness (QED) is 0.688. The minimum atomic E-state index is -0.508. The molecule has 98 valence electrons. The van der Waals surface area contributed by atoms with Gasteiger partial charge in [0.2, 0.25) is 11.8 Å². The largest absolute Gasteiger partial charge is 0.465 e. The van der Waals surface area contributed by atoms with Crippen molar-refractivity contribution in [3.8, 4) is 0 Å². The average molecular weight is 261 g/mol. The number of ether oxygens (including phenoxy) is 1. The van der Waals surface area contributed by atoms with Crippen LogP contribution in [0.4, 0.5) is 11.6 Å². The smallest absolute Gasteiger partial charge is 0.337 e. The Bertz CT molecular complexity index is 622. The number of carbonyl (C=O) groups excluding carboxylic acids is 2. The van der Waals surface area contributed by atoms with Gasteiger partial charge in [0.05, 0.1) is 12.7 Å². The van der Waals surface area contributed by atoms with Crippen molar-refractivity contribution >= 4 is 23.5 Å². The lowest BCUT2D eigenvalue weighted by Gasteiger charge is -2.04. The average Bonchev–Trinajstić information content (AvgIpc) is 2.85. The molecule has 0 spiro atoms. The summed E-state index contributed by atoms with van der Waals surface area (Å²) in [6, 6.07) is 6.32. The highest BCUT2D eigenvalue weighted by atomic mass is 16.5. The summed E-state index contributed by atoms with van der Waals surface area (Å²) in [4.78, 5) is 26.8. The molecule has 0 radical (unpaired) electrons. The van der Waals surface area contributed by atoms with Crippen LogP contribution < -0.4 is 11.1 Å². The number of carbonyl (C=O) groups is 2. The minimum Gasteiger partial charge on any atom is -0.465 e. The lowest BCUT2D eigenvalue weighted by molar-refractivity contribution is 0.0600. The van der Waals surface area contributed by atoms with Gasteiger partial charge in [-0.25, -0.2) is 4.79 Å². The van der Waals surface area contributed by atoms with E-state index in [1.807, 2.05) is 0 Å². The number of methoxy groups -OCH3 is 1. The van der Waals surface area contributed by atoms with E-state index in [0.29, 0.717) is 11.3 Å². The van der Waals surface area contributed by atoms with Gasteiger partial charge in [0.15, 0.2) is 0 Å². The van der Waals surface area contributed by atoms with Gasteiger partial charge in [0.1, 0.15) is 0 Å². The Morgan fingerprint density at radius 1 is 1.42 bits per heavy atom. The Hall–Kier alpha value is -2.90. The second kappa shape index (κ2) is 5.17. The number of nitrogens with zero attached hydrogens (tertiary/aromatic N) is 2.